The highest BCUT2D eigenvalue weighted by atomic mass is 35.5. The third kappa shape index (κ3) is 8.22. The number of hydrogen-bond acceptors (Lipinski definition) is 4. The Kier molecular flexibility index (Phi) is 11.3. The van der Waals surface area contributed by atoms with Crippen molar-refractivity contribution in [3.05, 3.63) is 57.6 Å². The molecule has 2 aromatic rings. The van der Waals surface area contributed by atoms with Crippen LogP contribution in [0.3, 0.4) is 0 Å². The summed E-state index contributed by atoms with van der Waals surface area (Å²) in [5, 5.41) is 14.7. The SMILES string of the molecule is CC(=O)O.CCN(CC)CCNC(=O)c1ccccc1Nc1c(Cl)ccc(C)c1Cl. The molecule has 0 fully saturated rings. The van der Waals surface area contributed by atoms with Crippen molar-refractivity contribution in [2.24, 2.45) is 0 Å². The number of rotatable bonds is 8. The predicted molar refractivity (Wildman–Crippen MR) is 124 cm³/mol. The van der Waals surface area contributed by atoms with Crippen molar-refractivity contribution >= 4 is 46.5 Å². The zero-order chi connectivity index (χ0) is 22.7. The van der Waals surface area contributed by atoms with Crippen LogP contribution in [-0.4, -0.2) is 48.1 Å². The molecule has 0 atom stereocenters. The van der Waals surface area contributed by atoms with Gasteiger partial charge in [0.15, 0.2) is 0 Å². The Morgan fingerprint density at radius 3 is 2.27 bits per heavy atom. The number of carbonyl (C=O) groups excluding carboxylic acids is 1. The van der Waals surface area contributed by atoms with Gasteiger partial charge in [-0.05, 0) is 43.8 Å². The first kappa shape index (κ1) is 25.8. The van der Waals surface area contributed by atoms with Crippen molar-refractivity contribution in [1.29, 1.82) is 0 Å². The smallest absolute Gasteiger partial charge is 0.300 e. The van der Waals surface area contributed by atoms with E-state index in [9.17, 15) is 4.79 Å². The van der Waals surface area contributed by atoms with Gasteiger partial charge in [-0.1, -0.05) is 55.2 Å². The highest BCUT2D eigenvalue weighted by Gasteiger charge is 2.14. The number of likely N-dealkylation sites (N-methyl/N-ethyl adjacent to an activating group) is 1. The second-order valence-corrected chi connectivity index (χ2v) is 7.31. The van der Waals surface area contributed by atoms with Crippen LogP contribution in [0.25, 0.3) is 0 Å². The number of hydrogen-bond donors (Lipinski definition) is 3. The Labute approximate surface area is 188 Å². The molecule has 3 N–H and O–H groups in total. The van der Waals surface area contributed by atoms with E-state index < -0.39 is 5.97 Å². The molecule has 164 valence electrons. The van der Waals surface area contributed by atoms with Gasteiger partial charge in [0.1, 0.15) is 0 Å². The molecule has 30 heavy (non-hydrogen) atoms. The molecule has 0 aliphatic rings. The van der Waals surface area contributed by atoms with Crippen molar-refractivity contribution < 1.29 is 14.7 Å². The van der Waals surface area contributed by atoms with E-state index in [1.807, 2.05) is 31.2 Å². The minimum Gasteiger partial charge on any atom is -0.481 e. The molecular formula is C22H29Cl2N3O3. The predicted octanol–water partition coefficient (Wildman–Crippen LogP) is 5.21. The van der Waals surface area contributed by atoms with Crippen LogP contribution in [0.15, 0.2) is 36.4 Å². The molecule has 0 bridgehead atoms. The van der Waals surface area contributed by atoms with E-state index in [1.54, 1.807) is 12.1 Å². The van der Waals surface area contributed by atoms with Gasteiger partial charge in [-0.15, -0.1) is 0 Å². The van der Waals surface area contributed by atoms with Crippen LogP contribution < -0.4 is 10.6 Å². The highest BCUT2D eigenvalue weighted by Crippen LogP contribution is 2.35. The zero-order valence-corrected chi connectivity index (χ0v) is 19.3. The standard InChI is InChI=1S/C20H25Cl2N3O.C2H4O2/c1-4-25(5-2)13-12-23-20(26)15-8-6-7-9-17(15)24-19-16(21)11-10-14(3)18(19)22;1-2(3)4/h6-11,24H,4-5,12-13H2,1-3H3,(H,23,26);1H3,(H,3,4). The molecule has 1 amide bonds. The van der Waals surface area contributed by atoms with Crippen molar-refractivity contribution in [3.8, 4) is 0 Å². The molecule has 2 aromatic carbocycles. The summed E-state index contributed by atoms with van der Waals surface area (Å²) >= 11 is 12.7. The summed E-state index contributed by atoms with van der Waals surface area (Å²) in [7, 11) is 0. The third-order valence-electron chi connectivity index (χ3n) is 4.32. The number of aryl methyl sites for hydroxylation is 1. The van der Waals surface area contributed by atoms with Crippen molar-refractivity contribution in [2.75, 3.05) is 31.5 Å². The lowest BCUT2D eigenvalue weighted by atomic mass is 10.1. The molecule has 0 saturated heterocycles. The lowest BCUT2D eigenvalue weighted by Gasteiger charge is -2.19. The molecule has 6 nitrogen and oxygen atoms in total. The largest absolute Gasteiger partial charge is 0.481 e. The average Bonchev–Trinajstić information content (AvgIpc) is 2.71. The Balaban J connectivity index is 0.00000103. The quantitative estimate of drug-likeness (QED) is 0.510. The molecule has 2 rings (SSSR count). The number of carbonyl (C=O) groups is 2. The number of benzene rings is 2. The van der Waals surface area contributed by atoms with E-state index in [4.69, 9.17) is 33.1 Å². The highest BCUT2D eigenvalue weighted by molar-refractivity contribution is 6.39. The number of carboxylic acids is 1. The first-order chi connectivity index (χ1) is 14.2. The maximum absolute atomic E-state index is 12.6. The van der Waals surface area contributed by atoms with E-state index in [-0.39, 0.29) is 5.91 Å². The molecule has 0 saturated carbocycles. The topological polar surface area (TPSA) is 81.7 Å². The molecule has 0 spiro atoms. The summed E-state index contributed by atoms with van der Waals surface area (Å²) < 4.78 is 0. The van der Waals surface area contributed by atoms with Gasteiger partial charge >= 0.3 is 0 Å². The van der Waals surface area contributed by atoms with E-state index in [0.29, 0.717) is 33.5 Å². The Morgan fingerprint density at radius 1 is 1.07 bits per heavy atom. The number of amides is 1. The monoisotopic (exact) mass is 453 g/mol. The second kappa shape index (κ2) is 13.1. The molecule has 0 aliphatic carbocycles. The van der Waals surface area contributed by atoms with Gasteiger partial charge in [0.2, 0.25) is 0 Å². The van der Waals surface area contributed by atoms with Gasteiger partial charge in [0.25, 0.3) is 11.9 Å². The third-order valence-corrected chi connectivity index (χ3v) is 5.13. The fraction of sp³-hybridized carbons (Fsp3) is 0.364. The number of aliphatic carboxylic acids is 1. The average molecular weight is 454 g/mol. The van der Waals surface area contributed by atoms with E-state index in [1.165, 1.54) is 0 Å². The molecule has 0 heterocycles. The molecular weight excluding hydrogens is 425 g/mol. The molecule has 0 unspecified atom stereocenters. The van der Waals surface area contributed by atoms with Crippen LogP contribution in [-0.2, 0) is 4.79 Å². The Morgan fingerprint density at radius 2 is 1.67 bits per heavy atom. The van der Waals surface area contributed by atoms with E-state index in [0.717, 1.165) is 32.1 Å². The first-order valence-corrected chi connectivity index (χ1v) is 10.5. The van der Waals surface area contributed by atoms with Crippen LogP contribution in [0, 0.1) is 6.92 Å². The lowest BCUT2D eigenvalue weighted by molar-refractivity contribution is -0.134. The summed E-state index contributed by atoms with van der Waals surface area (Å²) in [4.78, 5) is 23.9. The van der Waals surface area contributed by atoms with E-state index >= 15 is 0 Å². The second-order valence-electron chi connectivity index (χ2n) is 6.53. The molecule has 0 radical (unpaired) electrons. The summed E-state index contributed by atoms with van der Waals surface area (Å²) in [6.45, 7) is 10.6. The zero-order valence-electron chi connectivity index (χ0n) is 17.8. The van der Waals surface area contributed by atoms with Crippen molar-refractivity contribution in [3.63, 3.8) is 0 Å². The van der Waals surface area contributed by atoms with Crippen LogP contribution in [0.1, 0.15) is 36.7 Å². The summed E-state index contributed by atoms with van der Waals surface area (Å²) in [6, 6.07) is 11.0. The van der Waals surface area contributed by atoms with Gasteiger partial charge in [-0.2, -0.15) is 0 Å². The summed E-state index contributed by atoms with van der Waals surface area (Å²) in [5.41, 5.74) is 2.75. The van der Waals surface area contributed by atoms with Gasteiger partial charge in [0.05, 0.1) is 27.0 Å². The first-order valence-electron chi connectivity index (χ1n) is 9.71. The van der Waals surface area contributed by atoms with Gasteiger partial charge in [-0.3, -0.25) is 9.59 Å². The van der Waals surface area contributed by atoms with Crippen molar-refractivity contribution in [1.82, 2.24) is 10.2 Å². The number of halogens is 2. The van der Waals surface area contributed by atoms with Gasteiger partial charge < -0.3 is 20.6 Å². The number of para-hydroxylation sites is 1. The number of anilines is 2. The number of carboxylic acid groups (broad SMARTS) is 1. The van der Waals surface area contributed by atoms with Gasteiger partial charge in [0, 0.05) is 20.0 Å². The van der Waals surface area contributed by atoms with Crippen LogP contribution in [0.2, 0.25) is 10.0 Å². The molecule has 0 aromatic heterocycles. The summed E-state index contributed by atoms with van der Waals surface area (Å²) in [5.74, 6) is -0.958. The Bertz CT molecular complexity index is 852. The van der Waals surface area contributed by atoms with Gasteiger partial charge in [-0.25, -0.2) is 0 Å². The Hall–Kier alpha value is -2.28. The van der Waals surface area contributed by atoms with Crippen LogP contribution in [0.5, 0.6) is 0 Å². The number of nitrogens with zero attached hydrogens (tertiary/aromatic N) is 1. The maximum atomic E-state index is 12.6. The molecule has 0 aliphatic heterocycles. The van der Waals surface area contributed by atoms with Crippen LogP contribution in [0.4, 0.5) is 11.4 Å². The maximum Gasteiger partial charge on any atom is 0.300 e. The lowest BCUT2D eigenvalue weighted by Crippen LogP contribution is -2.35. The fourth-order valence-electron chi connectivity index (χ4n) is 2.66. The minimum atomic E-state index is -0.833. The minimum absolute atomic E-state index is 0.125. The number of nitrogens with one attached hydrogen (secondary N) is 2. The van der Waals surface area contributed by atoms with E-state index in [2.05, 4.69) is 29.4 Å². The van der Waals surface area contributed by atoms with Crippen molar-refractivity contribution in [2.45, 2.75) is 27.7 Å². The van der Waals surface area contributed by atoms with Crippen LogP contribution >= 0.6 is 23.2 Å². The normalized spacial score (nSPS) is 10.2. The molecule has 8 heteroatoms. The fourth-order valence-corrected chi connectivity index (χ4v) is 3.12. The summed E-state index contributed by atoms with van der Waals surface area (Å²) in [6.07, 6.45) is 0.